The average Bonchev–Trinajstić information content (AvgIpc) is 3.38. The molecular formula is C25H29N3O5S2. The first-order valence-corrected chi connectivity index (χ1v) is 13.6. The molecule has 1 aliphatic rings. The maximum Gasteiger partial charge on any atom is 0.252 e. The number of sulfonamides is 1. The minimum absolute atomic E-state index is 0.170. The number of methoxy groups -OCH3 is 2. The molecule has 1 saturated heterocycles. The van der Waals surface area contributed by atoms with E-state index in [0.717, 1.165) is 16.3 Å². The molecule has 0 saturated carbocycles. The van der Waals surface area contributed by atoms with E-state index in [0.29, 0.717) is 41.5 Å². The van der Waals surface area contributed by atoms with Gasteiger partial charge in [-0.1, -0.05) is 18.2 Å². The number of piperidine rings is 1. The predicted molar refractivity (Wildman–Crippen MR) is 137 cm³/mol. The Morgan fingerprint density at radius 2 is 1.80 bits per heavy atom. The normalized spacial score (nSPS) is 14.9. The highest BCUT2D eigenvalue weighted by Gasteiger charge is 2.30. The summed E-state index contributed by atoms with van der Waals surface area (Å²) in [6, 6.07) is 18.1. The molecule has 0 spiro atoms. The van der Waals surface area contributed by atoms with E-state index in [2.05, 4.69) is 10.6 Å². The van der Waals surface area contributed by atoms with Crippen LogP contribution in [0, 0.1) is 0 Å². The Bertz CT molecular complexity index is 1270. The highest BCUT2D eigenvalue weighted by Crippen LogP contribution is 2.30. The van der Waals surface area contributed by atoms with Crippen molar-refractivity contribution < 1.29 is 22.7 Å². The number of rotatable bonds is 9. The molecule has 1 aromatic heterocycles. The Labute approximate surface area is 209 Å². The van der Waals surface area contributed by atoms with Gasteiger partial charge in [-0.25, -0.2) is 8.42 Å². The van der Waals surface area contributed by atoms with Gasteiger partial charge in [0.25, 0.3) is 15.9 Å². The zero-order valence-electron chi connectivity index (χ0n) is 19.7. The Kier molecular flexibility index (Phi) is 7.94. The van der Waals surface area contributed by atoms with E-state index in [1.807, 2.05) is 24.3 Å². The molecule has 4 rings (SSSR count). The first kappa shape index (κ1) is 25.0. The lowest BCUT2D eigenvalue weighted by Crippen LogP contribution is -2.42. The lowest BCUT2D eigenvalue weighted by molar-refractivity contribution is 0.0951. The molecule has 10 heteroatoms. The highest BCUT2D eigenvalue weighted by molar-refractivity contribution is 7.91. The SMILES string of the molecule is COc1cccc(C(=O)NCc2ccc(S(=O)(=O)N3CCC(Nc4ccccc4OC)CC3)s2)c1. The maximum absolute atomic E-state index is 13.2. The largest absolute Gasteiger partial charge is 0.497 e. The average molecular weight is 516 g/mol. The number of nitrogens with zero attached hydrogens (tertiary/aromatic N) is 1. The molecular weight excluding hydrogens is 486 g/mol. The zero-order chi connectivity index (χ0) is 24.8. The predicted octanol–water partition coefficient (Wildman–Crippen LogP) is 3.96. The fourth-order valence-electron chi connectivity index (χ4n) is 3.98. The van der Waals surface area contributed by atoms with E-state index in [1.165, 1.54) is 15.6 Å². The van der Waals surface area contributed by atoms with Crippen molar-refractivity contribution in [3.05, 3.63) is 71.1 Å². The van der Waals surface area contributed by atoms with E-state index >= 15 is 0 Å². The summed E-state index contributed by atoms with van der Waals surface area (Å²) in [6.45, 7) is 1.13. The van der Waals surface area contributed by atoms with Gasteiger partial charge in [0, 0.05) is 29.6 Å². The van der Waals surface area contributed by atoms with Gasteiger partial charge in [0.15, 0.2) is 0 Å². The molecule has 3 aromatic rings. The minimum Gasteiger partial charge on any atom is -0.497 e. The van der Waals surface area contributed by atoms with Crippen LogP contribution in [0.15, 0.2) is 64.9 Å². The second kappa shape index (κ2) is 11.1. The van der Waals surface area contributed by atoms with E-state index in [9.17, 15) is 13.2 Å². The van der Waals surface area contributed by atoms with Crippen LogP contribution in [0.3, 0.4) is 0 Å². The summed E-state index contributed by atoms with van der Waals surface area (Å²) in [5.41, 5.74) is 1.40. The molecule has 1 aliphatic heterocycles. The second-order valence-corrected chi connectivity index (χ2v) is 11.5. The third-order valence-electron chi connectivity index (χ3n) is 5.91. The molecule has 1 fully saturated rings. The van der Waals surface area contributed by atoms with E-state index in [4.69, 9.17) is 9.47 Å². The third-order valence-corrected chi connectivity index (χ3v) is 9.36. The van der Waals surface area contributed by atoms with Crippen LogP contribution >= 0.6 is 11.3 Å². The van der Waals surface area contributed by atoms with E-state index < -0.39 is 10.0 Å². The second-order valence-electron chi connectivity index (χ2n) is 8.16. The monoisotopic (exact) mass is 515 g/mol. The molecule has 8 nitrogen and oxygen atoms in total. The Morgan fingerprint density at radius 3 is 2.54 bits per heavy atom. The van der Waals surface area contributed by atoms with Gasteiger partial charge >= 0.3 is 0 Å². The molecule has 0 bridgehead atoms. The van der Waals surface area contributed by atoms with Crippen molar-refractivity contribution in [3.63, 3.8) is 0 Å². The molecule has 2 aromatic carbocycles. The number of carbonyl (C=O) groups is 1. The van der Waals surface area contributed by atoms with Crippen LogP contribution in [-0.2, 0) is 16.6 Å². The van der Waals surface area contributed by atoms with Gasteiger partial charge in [-0.3, -0.25) is 4.79 Å². The fourth-order valence-corrected chi connectivity index (χ4v) is 6.90. The van der Waals surface area contributed by atoms with Gasteiger partial charge in [0.05, 0.1) is 26.5 Å². The van der Waals surface area contributed by atoms with Gasteiger partial charge in [-0.2, -0.15) is 4.31 Å². The molecule has 35 heavy (non-hydrogen) atoms. The Balaban J connectivity index is 1.32. The number of hydrogen-bond acceptors (Lipinski definition) is 7. The van der Waals surface area contributed by atoms with Crippen LogP contribution in [-0.4, -0.2) is 52.0 Å². The summed E-state index contributed by atoms with van der Waals surface area (Å²) in [7, 11) is -0.400. The third kappa shape index (κ3) is 5.95. The number of thiophene rings is 1. The number of nitrogens with one attached hydrogen (secondary N) is 2. The molecule has 0 atom stereocenters. The van der Waals surface area contributed by atoms with Crippen LogP contribution < -0.4 is 20.1 Å². The van der Waals surface area contributed by atoms with Crippen molar-refractivity contribution in [2.45, 2.75) is 29.6 Å². The van der Waals surface area contributed by atoms with E-state index in [1.54, 1.807) is 50.6 Å². The lowest BCUT2D eigenvalue weighted by Gasteiger charge is -2.32. The Hall–Kier alpha value is -3.08. The summed E-state index contributed by atoms with van der Waals surface area (Å²) in [6.07, 6.45) is 1.40. The number of benzene rings is 2. The molecule has 0 aliphatic carbocycles. The van der Waals surface area contributed by atoms with Crippen LogP contribution in [0.25, 0.3) is 0 Å². The summed E-state index contributed by atoms with van der Waals surface area (Å²) >= 11 is 1.19. The number of hydrogen-bond donors (Lipinski definition) is 2. The van der Waals surface area contributed by atoms with Crippen molar-refractivity contribution in [1.29, 1.82) is 0 Å². The topological polar surface area (TPSA) is 97.0 Å². The van der Waals surface area contributed by atoms with E-state index in [-0.39, 0.29) is 18.5 Å². The lowest BCUT2D eigenvalue weighted by atomic mass is 10.1. The fraction of sp³-hybridized carbons (Fsp3) is 0.320. The molecule has 1 amide bonds. The standard InChI is InChI=1S/C25H29N3O5S2/c1-32-20-7-5-6-18(16-20)25(29)26-17-21-10-11-24(34-21)35(30,31)28-14-12-19(13-15-28)27-22-8-3-4-9-23(22)33-2/h3-11,16,19,27H,12-15,17H2,1-2H3,(H,26,29). The minimum atomic E-state index is -3.58. The van der Waals surface area contributed by atoms with Gasteiger partial charge in [0.1, 0.15) is 15.7 Å². The molecule has 0 radical (unpaired) electrons. The van der Waals surface area contributed by atoms with Gasteiger partial charge in [-0.15, -0.1) is 11.3 Å². The van der Waals surface area contributed by atoms with Crippen LogP contribution in [0.1, 0.15) is 28.1 Å². The number of amides is 1. The number of ether oxygens (including phenoxy) is 2. The molecule has 0 unspecified atom stereocenters. The number of carbonyl (C=O) groups excluding carboxylic acids is 1. The van der Waals surface area contributed by atoms with Gasteiger partial charge in [-0.05, 0) is 55.3 Å². The number of anilines is 1. The van der Waals surface area contributed by atoms with Gasteiger partial charge in [0.2, 0.25) is 0 Å². The first-order valence-electron chi connectivity index (χ1n) is 11.3. The maximum atomic E-state index is 13.2. The summed E-state index contributed by atoms with van der Waals surface area (Å²) < 4.78 is 38.8. The summed E-state index contributed by atoms with van der Waals surface area (Å²) in [4.78, 5) is 13.2. The highest BCUT2D eigenvalue weighted by atomic mass is 32.2. The van der Waals surface area contributed by atoms with Crippen molar-refractivity contribution >= 4 is 33.0 Å². The van der Waals surface area contributed by atoms with Crippen molar-refractivity contribution in [3.8, 4) is 11.5 Å². The van der Waals surface area contributed by atoms with Crippen LogP contribution in [0.2, 0.25) is 0 Å². The number of para-hydroxylation sites is 2. The molecule has 186 valence electrons. The summed E-state index contributed by atoms with van der Waals surface area (Å²) in [5.74, 6) is 1.13. The molecule has 2 heterocycles. The Morgan fingerprint density at radius 1 is 1.03 bits per heavy atom. The van der Waals surface area contributed by atoms with Crippen molar-refractivity contribution in [2.24, 2.45) is 0 Å². The van der Waals surface area contributed by atoms with Crippen LogP contribution in [0.4, 0.5) is 5.69 Å². The first-order chi connectivity index (χ1) is 16.9. The zero-order valence-corrected chi connectivity index (χ0v) is 21.3. The summed E-state index contributed by atoms with van der Waals surface area (Å²) in [5, 5.41) is 6.31. The smallest absolute Gasteiger partial charge is 0.252 e. The van der Waals surface area contributed by atoms with Crippen molar-refractivity contribution in [2.75, 3.05) is 32.6 Å². The quantitative estimate of drug-likeness (QED) is 0.448. The van der Waals surface area contributed by atoms with Crippen molar-refractivity contribution in [1.82, 2.24) is 9.62 Å². The van der Waals surface area contributed by atoms with Crippen LogP contribution in [0.5, 0.6) is 11.5 Å². The van der Waals surface area contributed by atoms with Gasteiger partial charge < -0.3 is 20.1 Å². The molecule has 2 N–H and O–H groups in total.